The van der Waals surface area contributed by atoms with Crippen molar-refractivity contribution in [1.82, 2.24) is 4.98 Å². The van der Waals surface area contributed by atoms with E-state index < -0.39 is 0 Å². The number of hydrogen-bond acceptors (Lipinski definition) is 1. The third-order valence-corrected chi connectivity index (χ3v) is 14.1. The van der Waals surface area contributed by atoms with E-state index in [0.29, 0.717) is 5.66 Å². The van der Waals surface area contributed by atoms with Crippen molar-refractivity contribution in [3.8, 4) is 0 Å². The standard InChI is InChI=1S/C10H17NP4/c1-7-4-5-8-3-2-6-11-9(8)10(7)15(13)14-12/h2-3,6-7,10,14H,4-5,12-13H2,1H3. The van der Waals surface area contributed by atoms with E-state index in [9.17, 15) is 0 Å². The molecule has 0 radical (unpaired) electrons. The smallest absolute Gasteiger partial charge is 0.0518 e. The fraction of sp³-hybridized carbons (Fsp3) is 0.500. The van der Waals surface area contributed by atoms with Crippen LogP contribution in [0.15, 0.2) is 18.3 Å². The maximum absolute atomic E-state index is 4.62. The minimum atomic E-state index is 0.0224. The molecular formula is C10H17NP4. The zero-order chi connectivity index (χ0) is 10.8. The van der Waals surface area contributed by atoms with Crippen molar-refractivity contribution in [2.24, 2.45) is 5.92 Å². The van der Waals surface area contributed by atoms with Gasteiger partial charge in [-0.2, -0.15) is 0 Å². The van der Waals surface area contributed by atoms with Crippen LogP contribution >= 0.6 is 33.1 Å². The van der Waals surface area contributed by atoms with E-state index in [4.69, 9.17) is 0 Å². The molecule has 0 fully saturated rings. The fourth-order valence-electron chi connectivity index (χ4n) is 2.23. The Hall–Kier alpha value is 0.870. The minimum absolute atomic E-state index is 0.0224. The molecule has 0 saturated heterocycles. The van der Waals surface area contributed by atoms with Crippen molar-refractivity contribution in [2.45, 2.75) is 25.4 Å². The minimum Gasteiger partial charge on any atom is -0.260 e. The van der Waals surface area contributed by atoms with Crippen LogP contribution in [0.4, 0.5) is 0 Å². The predicted molar refractivity (Wildman–Crippen MR) is 79.1 cm³/mol. The predicted octanol–water partition coefficient (Wildman–Crippen LogP) is 4.36. The molecule has 5 heteroatoms. The van der Waals surface area contributed by atoms with Crippen molar-refractivity contribution in [3.05, 3.63) is 29.6 Å². The topological polar surface area (TPSA) is 12.9 Å². The lowest BCUT2D eigenvalue weighted by atomic mass is 9.88. The van der Waals surface area contributed by atoms with Gasteiger partial charge in [-0.3, -0.25) is 4.98 Å². The van der Waals surface area contributed by atoms with Crippen LogP contribution in [-0.2, 0) is 6.42 Å². The number of nitrogens with zero attached hydrogens (tertiary/aromatic N) is 1. The summed E-state index contributed by atoms with van der Waals surface area (Å²) >= 11 is 0. The molecule has 1 aliphatic rings. The van der Waals surface area contributed by atoms with Gasteiger partial charge in [-0.1, -0.05) is 28.2 Å². The second kappa shape index (κ2) is 5.47. The fourth-order valence-corrected chi connectivity index (χ4v) is 7.94. The number of aryl methyl sites for hydroxylation is 1. The van der Waals surface area contributed by atoms with Crippen LogP contribution in [0, 0.1) is 5.92 Å². The van der Waals surface area contributed by atoms with Crippen LogP contribution < -0.4 is 0 Å². The first-order valence-corrected chi connectivity index (χ1v) is 11.9. The van der Waals surface area contributed by atoms with Crippen molar-refractivity contribution in [1.29, 1.82) is 0 Å². The van der Waals surface area contributed by atoms with Crippen LogP contribution in [0.3, 0.4) is 0 Å². The van der Waals surface area contributed by atoms with Gasteiger partial charge in [-0.15, -0.1) is 17.9 Å². The van der Waals surface area contributed by atoms with Gasteiger partial charge in [0.1, 0.15) is 0 Å². The Bertz CT molecular complexity index is 344. The Morgan fingerprint density at radius 1 is 1.60 bits per heavy atom. The molecule has 82 valence electrons. The van der Waals surface area contributed by atoms with Crippen molar-refractivity contribution in [2.75, 3.05) is 0 Å². The highest BCUT2D eigenvalue weighted by molar-refractivity contribution is 8.61. The zero-order valence-corrected chi connectivity index (χ0v) is 13.1. The molecule has 6 atom stereocenters. The molecule has 0 saturated carbocycles. The highest BCUT2D eigenvalue weighted by Crippen LogP contribution is 2.76. The monoisotopic (exact) mass is 275 g/mol. The Kier molecular flexibility index (Phi) is 4.50. The summed E-state index contributed by atoms with van der Waals surface area (Å²) < 4.78 is 0. The van der Waals surface area contributed by atoms with E-state index in [-0.39, 0.29) is 7.30 Å². The Balaban J connectivity index is 2.37. The first-order valence-electron chi connectivity index (χ1n) is 5.18. The molecule has 0 amide bonds. The van der Waals surface area contributed by atoms with Gasteiger partial charge in [0.25, 0.3) is 0 Å². The molecule has 1 heterocycles. The molecule has 6 unspecified atom stereocenters. The highest BCUT2D eigenvalue weighted by Gasteiger charge is 2.31. The molecule has 2 rings (SSSR count). The number of rotatable bonds is 2. The molecule has 0 N–H and O–H groups in total. The van der Waals surface area contributed by atoms with Crippen LogP contribution in [-0.4, -0.2) is 4.98 Å². The van der Waals surface area contributed by atoms with Gasteiger partial charge in [-0.25, -0.2) is 0 Å². The van der Waals surface area contributed by atoms with Gasteiger partial charge >= 0.3 is 0 Å². The van der Waals surface area contributed by atoms with Gasteiger partial charge < -0.3 is 0 Å². The van der Waals surface area contributed by atoms with E-state index in [2.05, 4.69) is 41.9 Å². The SMILES string of the molecule is CC1CCc2cccnc2C1P(P)PP. The van der Waals surface area contributed by atoms with E-state index >= 15 is 0 Å². The largest absolute Gasteiger partial charge is 0.260 e. The molecule has 1 aromatic rings. The normalized spacial score (nSPS) is 27.9. The summed E-state index contributed by atoms with van der Waals surface area (Å²) in [7, 11) is 6.96. The van der Waals surface area contributed by atoms with E-state index in [1.54, 1.807) is 0 Å². The molecule has 0 aliphatic heterocycles. The summed E-state index contributed by atoms with van der Waals surface area (Å²) in [6, 6.07) is 4.32. The van der Waals surface area contributed by atoms with Crippen LogP contribution in [0.5, 0.6) is 0 Å². The number of hydrogen-bond donors (Lipinski definition) is 0. The molecular weight excluding hydrogens is 258 g/mol. The molecule has 1 aromatic heterocycles. The van der Waals surface area contributed by atoms with Crippen molar-refractivity contribution < 1.29 is 0 Å². The molecule has 0 bridgehead atoms. The zero-order valence-electron chi connectivity index (χ0n) is 8.85. The van der Waals surface area contributed by atoms with Crippen LogP contribution in [0.2, 0.25) is 0 Å². The lowest BCUT2D eigenvalue weighted by molar-refractivity contribution is 0.480. The van der Waals surface area contributed by atoms with Gasteiger partial charge in [0.15, 0.2) is 0 Å². The summed E-state index contributed by atoms with van der Waals surface area (Å²) in [5.41, 5.74) is 3.57. The van der Waals surface area contributed by atoms with E-state index in [1.807, 2.05) is 6.20 Å². The third-order valence-electron chi connectivity index (χ3n) is 3.06. The Labute approximate surface area is 99.2 Å². The van der Waals surface area contributed by atoms with Crippen LogP contribution in [0.25, 0.3) is 0 Å². The lowest BCUT2D eigenvalue weighted by Crippen LogP contribution is -2.17. The van der Waals surface area contributed by atoms with Gasteiger partial charge in [0.2, 0.25) is 0 Å². The van der Waals surface area contributed by atoms with Gasteiger partial charge in [0.05, 0.1) is 5.69 Å². The molecule has 1 nitrogen and oxygen atoms in total. The molecule has 0 aromatic carbocycles. The molecule has 15 heavy (non-hydrogen) atoms. The lowest BCUT2D eigenvalue weighted by Gasteiger charge is -2.33. The summed E-state index contributed by atoms with van der Waals surface area (Å²) in [6.07, 6.45) is 4.49. The average molecular weight is 275 g/mol. The maximum atomic E-state index is 4.62. The van der Waals surface area contributed by atoms with Gasteiger partial charge in [-0.05, 0) is 30.4 Å². The van der Waals surface area contributed by atoms with E-state index in [0.717, 1.165) is 13.9 Å². The maximum Gasteiger partial charge on any atom is 0.0518 e. The second-order valence-electron chi connectivity index (χ2n) is 4.04. The highest BCUT2D eigenvalue weighted by atomic mass is 32.6. The summed E-state index contributed by atoms with van der Waals surface area (Å²) in [6.45, 7) is 2.38. The number of pyridine rings is 1. The Morgan fingerprint density at radius 2 is 2.40 bits per heavy atom. The quantitative estimate of drug-likeness (QED) is 0.731. The average Bonchev–Trinajstić information content (AvgIpc) is 2.28. The van der Waals surface area contributed by atoms with E-state index in [1.165, 1.54) is 24.1 Å². The summed E-state index contributed by atoms with van der Waals surface area (Å²) in [4.78, 5) is 4.62. The second-order valence-corrected chi connectivity index (χ2v) is 13.5. The summed E-state index contributed by atoms with van der Waals surface area (Å²) in [5.74, 6) is 0.795. The van der Waals surface area contributed by atoms with Crippen LogP contribution in [0.1, 0.15) is 30.3 Å². The molecule has 0 spiro atoms. The number of fused-ring (bicyclic) bond motifs is 1. The first kappa shape index (κ1) is 12.3. The first-order chi connectivity index (χ1) is 7.24. The van der Waals surface area contributed by atoms with Crippen molar-refractivity contribution >= 4 is 33.1 Å². The number of aromatic nitrogens is 1. The Morgan fingerprint density at radius 3 is 3.13 bits per heavy atom. The van der Waals surface area contributed by atoms with Crippen molar-refractivity contribution in [3.63, 3.8) is 0 Å². The molecule has 1 aliphatic carbocycles. The van der Waals surface area contributed by atoms with Gasteiger partial charge in [0, 0.05) is 11.9 Å². The third kappa shape index (κ3) is 2.58. The summed E-state index contributed by atoms with van der Waals surface area (Å²) in [5, 5.41) is 0.